The Morgan fingerprint density at radius 2 is 1.08 bits per heavy atom. The van der Waals surface area contributed by atoms with Gasteiger partial charge >= 0.3 is 0 Å². The van der Waals surface area contributed by atoms with Crippen molar-refractivity contribution < 1.29 is 42.6 Å². The minimum Gasteiger partial charge on any atom is -0.497 e. The molecule has 61 heavy (non-hydrogen) atoms. The van der Waals surface area contributed by atoms with Crippen LogP contribution in [-0.2, 0) is 44.5 Å². The third-order valence-corrected chi connectivity index (χ3v) is 12.5. The van der Waals surface area contributed by atoms with Gasteiger partial charge in [0.25, 0.3) is 0 Å². The fourth-order valence-electron chi connectivity index (χ4n) is 8.75. The molecule has 9 heteroatoms. The van der Waals surface area contributed by atoms with Crippen molar-refractivity contribution in [3.63, 3.8) is 0 Å². The first kappa shape index (κ1) is 54.0. The minimum absolute atomic E-state index is 0.0838. The van der Waals surface area contributed by atoms with E-state index in [4.69, 9.17) is 42.6 Å². The molecule has 9 nitrogen and oxygen atoms in total. The molecule has 0 aliphatic carbocycles. The molecule has 3 rings (SSSR count). The predicted octanol–water partition coefficient (Wildman–Crippen LogP) is 13.0. The Kier molecular flexibility index (Phi) is 28.7. The molecule has 2 aliphatic heterocycles. The highest BCUT2D eigenvalue weighted by atomic mass is 16.8. The third-order valence-electron chi connectivity index (χ3n) is 12.5. The number of hydrogen-bond donors (Lipinski definition) is 0. The summed E-state index contributed by atoms with van der Waals surface area (Å²) in [5.41, 5.74) is 1.09. The number of unbranched alkanes of at least 4 members (excludes halogenated alkanes) is 13. The first-order valence-electron chi connectivity index (χ1n) is 25.4. The van der Waals surface area contributed by atoms with E-state index in [1.54, 1.807) is 7.11 Å². The minimum atomic E-state index is -0.710. The Labute approximate surface area is 374 Å². The summed E-state index contributed by atoms with van der Waals surface area (Å²) in [6, 6.07) is 8.16. The number of benzene rings is 1. The van der Waals surface area contributed by atoms with E-state index in [1.165, 1.54) is 64.2 Å². The second kappa shape index (κ2) is 32.4. The fraction of sp³-hybridized carbons (Fsp3) is 0.885. The lowest BCUT2D eigenvalue weighted by Crippen LogP contribution is -2.61. The molecule has 1 aromatic carbocycles. The van der Waals surface area contributed by atoms with E-state index in [9.17, 15) is 0 Å². The predicted molar refractivity (Wildman–Crippen MR) is 249 cm³/mol. The van der Waals surface area contributed by atoms with Gasteiger partial charge in [-0.05, 0) is 82.4 Å². The topological polar surface area (TPSA) is 83.1 Å². The van der Waals surface area contributed by atoms with Crippen molar-refractivity contribution in [3.8, 4) is 5.75 Å². The maximum Gasteiger partial charge on any atom is 0.163 e. The van der Waals surface area contributed by atoms with Gasteiger partial charge in [-0.3, -0.25) is 0 Å². The standard InChI is InChI=1S/C52H94O9/c1-10-15-20-21-22-23-24-25-26-27-28-41(6)47-50(61-52(7,8)60-47)44(58-39-42-29-31-43(53-9)32-30-42)33-34-45-48(55-36-17-12-3)51(57-38-19-14-5)49(56-37-18-13-4)46(59-45)40-54-35-16-11-2/h29-32,41,44-51H,10-28,33-40H2,1-9H3/t41?,44-,45+,46?,47?,48-,49?,50?,51?/m0/s1. The van der Waals surface area contributed by atoms with Crippen LogP contribution >= 0.6 is 0 Å². The maximum absolute atomic E-state index is 7.13. The summed E-state index contributed by atoms with van der Waals surface area (Å²) >= 11 is 0. The molecule has 0 radical (unpaired) electrons. The fourth-order valence-corrected chi connectivity index (χ4v) is 8.75. The highest BCUT2D eigenvalue weighted by Gasteiger charge is 2.50. The van der Waals surface area contributed by atoms with Crippen molar-refractivity contribution in [3.05, 3.63) is 29.8 Å². The molecule has 9 atom stereocenters. The zero-order valence-corrected chi connectivity index (χ0v) is 40.8. The molecule has 6 unspecified atom stereocenters. The van der Waals surface area contributed by atoms with Crippen LogP contribution in [0.2, 0.25) is 0 Å². The zero-order valence-electron chi connectivity index (χ0n) is 40.8. The first-order chi connectivity index (χ1) is 29.7. The van der Waals surface area contributed by atoms with Gasteiger partial charge in [0.05, 0.1) is 38.6 Å². The van der Waals surface area contributed by atoms with Gasteiger partial charge in [0, 0.05) is 26.4 Å². The lowest BCUT2D eigenvalue weighted by molar-refractivity contribution is -0.268. The van der Waals surface area contributed by atoms with Gasteiger partial charge in [0.1, 0.15) is 36.3 Å². The monoisotopic (exact) mass is 863 g/mol. The van der Waals surface area contributed by atoms with E-state index in [0.29, 0.717) is 58.4 Å². The summed E-state index contributed by atoms with van der Waals surface area (Å²) < 4.78 is 59.9. The molecular formula is C52H94O9. The van der Waals surface area contributed by atoms with Crippen LogP contribution < -0.4 is 4.74 Å². The van der Waals surface area contributed by atoms with Crippen LogP contribution in [0.1, 0.15) is 196 Å². The Morgan fingerprint density at radius 1 is 0.574 bits per heavy atom. The largest absolute Gasteiger partial charge is 0.497 e. The van der Waals surface area contributed by atoms with Gasteiger partial charge in [0.15, 0.2) is 5.79 Å². The Hall–Kier alpha value is -1.30. The van der Waals surface area contributed by atoms with Crippen LogP contribution in [0, 0.1) is 5.92 Å². The number of methoxy groups -OCH3 is 1. The smallest absolute Gasteiger partial charge is 0.163 e. The van der Waals surface area contributed by atoms with Crippen molar-refractivity contribution >= 4 is 0 Å². The van der Waals surface area contributed by atoms with Gasteiger partial charge in [-0.1, -0.05) is 144 Å². The number of hydrogen-bond acceptors (Lipinski definition) is 9. The average Bonchev–Trinajstić information content (AvgIpc) is 3.59. The molecular weight excluding hydrogens is 769 g/mol. The van der Waals surface area contributed by atoms with E-state index in [0.717, 1.165) is 69.1 Å². The number of rotatable bonds is 37. The number of ether oxygens (including phenoxy) is 9. The molecule has 0 saturated carbocycles. The molecule has 356 valence electrons. The molecule has 0 aromatic heterocycles. The summed E-state index contributed by atoms with van der Waals surface area (Å²) in [6.07, 6.45) is 22.2. The second-order valence-electron chi connectivity index (χ2n) is 18.5. The van der Waals surface area contributed by atoms with E-state index in [1.807, 2.05) is 12.1 Å². The summed E-state index contributed by atoms with van der Waals surface area (Å²) in [7, 11) is 1.70. The van der Waals surface area contributed by atoms with Gasteiger partial charge in [-0.25, -0.2) is 0 Å². The highest BCUT2D eigenvalue weighted by molar-refractivity contribution is 5.26. The zero-order chi connectivity index (χ0) is 44.1. The van der Waals surface area contributed by atoms with Gasteiger partial charge in [0.2, 0.25) is 0 Å². The molecule has 1 aromatic rings. The molecule has 2 saturated heterocycles. The molecule has 0 spiro atoms. The van der Waals surface area contributed by atoms with Crippen LogP contribution in [0.4, 0.5) is 0 Å². The highest BCUT2D eigenvalue weighted by Crippen LogP contribution is 2.39. The average molecular weight is 863 g/mol. The first-order valence-corrected chi connectivity index (χ1v) is 25.4. The quantitative estimate of drug-likeness (QED) is 0.0607. The van der Waals surface area contributed by atoms with E-state index < -0.39 is 5.79 Å². The second-order valence-corrected chi connectivity index (χ2v) is 18.5. The van der Waals surface area contributed by atoms with Gasteiger partial charge in [-0.15, -0.1) is 0 Å². The van der Waals surface area contributed by atoms with Crippen molar-refractivity contribution in [1.29, 1.82) is 0 Å². The van der Waals surface area contributed by atoms with Crippen molar-refractivity contribution in [2.24, 2.45) is 5.92 Å². The third kappa shape index (κ3) is 20.6. The van der Waals surface area contributed by atoms with Gasteiger partial charge in [-0.2, -0.15) is 0 Å². The van der Waals surface area contributed by atoms with E-state index >= 15 is 0 Å². The Bertz CT molecular complexity index is 1180. The van der Waals surface area contributed by atoms with Crippen LogP contribution in [0.3, 0.4) is 0 Å². The van der Waals surface area contributed by atoms with Crippen LogP contribution in [0.15, 0.2) is 24.3 Å². The summed E-state index contributed by atoms with van der Waals surface area (Å²) in [6.45, 7) is 21.1. The lowest BCUT2D eigenvalue weighted by Gasteiger charge is -2.47. The molecule has 0 amide bonds. The Balaban J connectivity index is 1.86. The molecule has 0 N–H and O–H groups in total. The summed E-state index contributed by atoms with van der Waals surface area (Å²) in [5.74, 6) is 0.448. The normalized spacial score (nSPS) is 24.9. The van der Waals surface area contributed by atoms with E-state index in [-0.39, 0.29) is 48.8 Å². The van der Waals surface area contributed by atoms with Crippen molar-refractivity contribution in [1.82, 2.24) is 0 Å². The molecule has 2 heterocycles. The van der Waals surface area contributed by atoms with E-state index in [2.05, 4.69) is 67.5 Å². The maximum atomic E-state index is 7.13. The SMILES string of the molecule is CCCCCCCCCCCCC(C)C1OC(C)(C)OC1[C@H](CC[C@H]1OC(COCCCC)C(OCCCC)C(OCCCC)[C@H]1OCCCC)OCc1ccc(OC)cc1. The lowest BCUT2D eigenvalue weighted by atomic mass is 9.87. The Morgan fingerprint density at radius 3 is 1.66 bits per heavy atom. The summed E-state index contributed by atoms with van der Waals surface area (Å²) in [4.78, 5) is 0. The summed E-state index contributed by atoms with van der Waals surface area (Å²) in [5, 5.41) is 0. The van der Waals surface area contributed by atoms with Crippen molar-refractivity contribution in [2.75, 3.05) is 40.1 Å². The van der Waals surface area contributed by atoms with Crippen LogP contribution in [0.5, 0.6) is 5.75 Å². The van der Waals surface area contributed by atoms with Crippen molar-refractivity contribution in [2.45, 2.75) is 251 Å². The molecule has 2 aliphatic rings. The van der Waals surface area contributed by atoms with Crippen LogP contribution in [-0.4, -0.2) is 94.8 Å². The van der Waals surface area contributed by atoms with Crippen LogP contribution in [0.25, 0.3) is 0 Å². The molecule has 2 fully saturated rings. The van der Waals surface area contributed by atoms with Gasteiger partial charge < -0.3 is 42.6 Å². The molecule has 0 bridgehead atoms.